The summed E-state index contributed by atoms with van der Waals surface area (Å²) in [7, 11) is 0. The summed E-state index contributed by atoms with van der Waals surface area (Å²) in [5.41, 5.74) is 2.58. The van der Waals surface area contributed by atoms with Crippen LogP contribution in [0.15, 0.2) is 46.3 Å². The van der Waals surface area contributed by atoms with Gasteiger partial charge in [0.2, 0.25) is 0 Å². The molecule has 2 heterocycles. The lowest BCUT2D eigenvalue weighted by molar-refractivity contribution is -0.156. The Labute approximate surface area is 161 Å². The predicted molar refractivity (Wildman–Crippen MR) is 104 cm³/mol. The Morgan fingerprint density at radius 2 is 2.11 bits per heavy atom. The van der Waals surface area contributed by atoms with Gasteiger partial charge in [0.25, 0.3) is 0 Å². The molecule has 0 aliphatic carbocycles. The third kappa shape index (κ3) is 7.00. The van der Waals surface area contributed by atoms with Crippen LogP contribution in [-0.4, -0.2) is 34.0 Å². The Bertz CT molecular complexity index is 658. The van der Waals surface area contributed by atoms with Gasteiger partial charge in [0.1, 0.15) is 5.60 Å². The number of cyclic esters (lactones) is 1. The number of carbonyl (C=O) groups excluding carboxylic acids is 1. The number of esters is 1. The maximum atomic E-state index is 11.3. The van der Waals surface area contributed by atoms with Crippen molar-refractivity contribution in [2.24, 2.45) is 0 Å². The van der Waals surface area contributed by atoms with E-state index >= 15 is 0 Å². The van der Waals surface area contributed by atoms with E-state index in [1.54, 1.807) is 19.5 Å². The number of hydrogen-bond donors (Lipinski definition) is 2. The summed E-state index contributed by atoms with van der Waals surface area (Å²) < 4.78 is 10.3. The largest absolute Gasteiger partial charge is 0.472 e. The lowest BCUT2D eigenvalue weighted by Gasteiger charge is -2.28. The average Bonchev–Trinajstić information content (AvgIpc) is 3.22. The van der Waals surface area contributed by atoms with E-state index in [2.05, 4.69) is 6.08 Å². The lowest BCUT2D eigenvalue weighted by Crippen LogP contribution is -2.39. The first-order valence-corrected chi connectivity index (χ1v) is 9.70. The van der Waals surface area contributed by atoms with Crippen LogP contribution in [0.25, 0.3) is 0 Å². The number of rotatable bonds is 10. The van der Waals surface area contributed by atoms with Gasteiger partial charge < -0.3 is 19.4 Å². The summed E-state index contributed by atoms with van der Waals surface area (Å²) >= 11 is 0. The first kappa shape index (κ1) is 21.5. The fraction of sp³-hybridized carbons (Fsp3) is 0.591. The van der Waals surface area contributed by atoms with Crippen molar-refractivity contribution in [2.45, 2.75) is 83.5 Å². The van der Waals surface area contributed by atoms with E-state index in [0.29, 0.717) is 32.1 Å². The molecule has 27 heavy (non-hydrogen) atoms. The van der Waals surface area contributed by atoms with Crippen LogP contribution in [-0.2, 0) is 16.0 Å². The Balaban J connectivity index is 1.73. The van der Waals surface area contributed by atoms with Gasteiger partial charge >= 0.3 is 5.97 Å². The van der Waals surface area contributed by atoms with Crippen molar-refractivity contribution in [3.63, 3.8) is 0 Å². The van der Waals surface area contributed by atoms with Crippen molar-refractivity contribution in [2.75, 3.05) is 0 Å². The highest BCUT2D eigenvalue weighted by Crippen LogP contribution is 2.32. The van der Waals surface area contributed by atoms with Gasteiger partial charge in [0.05, 0.1) is 24.7 Å². The van der Waals surface area contributed by atoms with Crippen molar-refractivity contribution in [1.29, 1.82) is 0 Å². The zero-order chi connectivity index (χ0) is 19.9. The molecule has 5 heteroatoms. The normalized spacial score (nSPS) is 23.4. The van der Waals surface area contributed by atoms with Crippen molar-refractivity contribution in [3.8, 4) is 0 Å². The van der Waals surface area contributed by atoms with E-state index in [1.165, 1.54) is 5.56 Å². The summed E-state index contributed by atoms with van der Waals surface area (Å²) in [6, 6.07) is 1.96. The minimum absolute atomic E-state index is 0.241. The second kappa shape index (κ2) is 9.90. The highest BCUT2D eigenvalue weighted by Gasteiger charge is 2.41. The van der Waals surface area contributed by atoms with E-state index < -0.39 is 17.8 Å². The standard InChI is InChI=1S/C22H32O5/c1-16(5-4-6-18-10-12-26-15-18)13-19(23)14-17(2)7-8-20(24)22(3)11-9-21(25)27-22/h5,10,12,14-15,19-20,23-24H,4,6-9,11,13H2,1-3H3/b16-5+,17-14+/t19-,20-,22-/m0/s1. The molecule has 150 valence electrons. The SMILES string of the molecule is C/C(=C\[C@@H](O)C/C(C)=C/CCc1ccoc1)CC[C@H](O)[C@]1(C)CCC(=O)O1. The van der Waals surface area contributed by atoms with Gasteiger partial charge in [-0.2, -0.15) is 0 Å². The number of aliphatic hydroxyl groups is 2. The minimum Gasteiger partial charge on any atom is -0.472 e. The van der Waals surface area contributed by atoms with E-state index in [-0.39, 0.29) is 5.97 Å². The molecule has 0 spiro atoms. The summed E-state index contributed by atoms with van der Waals surface area (Å²) in [5.74, 6) is -0.241. The molecule has 1 aliphatic heterocycles. The fourth-order valence-electron chi connectivity index (χ4n) is 3.42. The summed E-state index contributed by atoms with van der Waals surface area (Å²) in [6.45, 7) is 5.77. The molecule has 1 fully saturated rings. The van der Waals surface area contributed by atoms with Crippen molar-refractivity contribution < 1.29 is 24.2 Å². The maximum Gasteiger partial charge on any atom is 0.306 e. The van der Waals surface area contributed by atoms with Crippen LogP contribution < -0.4 is 0 Å². The first-order chi connectivity index (χ1) is 12.8. The molecule has 2 rings (SSSR count). The third-order valence-electron chi connectivity index (χ3n) is 5.20. The summed E-state index contributed by atoms with van der Waals surface area (Å²) in [6.07, 6.45) is 10.8. The van der Waals surface area contributed by atoms with Crippen LogP contribution in [0, 0.1) is 0 Å². The zero-order valence-electron chi connectivity index (χ0n) is 16.6. The van der Waals surface area contributed by atoms with Crippen LogP contribution in [0.2, 0.25) is 0 Å². The number of hydrogen-bond acceptors (Lipinski definition) is 5. The smallest absolute Gasteiger partial charge is 0.306 e. The predicted octanol–water partition coefficient (Wildman–Crippen LogP) is 4.09. The molecule has 1 aromatic heterocycles. The molecule has 0 amide bonds. The molecule has 1 aliphatic rings. The number of allylic oxidation sites excluding steroid dienone is 2. The molecule has 0 saturated carbocycles. The molecule has 0 aromatic carbocycles. The summed E-state index contributed by atoms with van der Waals surface area (Å²) in [4.78, 5) is 11.3. The van der Waals surface area contributed by atoms with Crippen molar-refractivity contribution >= 4 is 5.97 Å². The van der Waals surface area contributed by atoms with Gasteiger partial charge in [-0.15, -0.1) is 0 Å². The second-order valence-corrected chi connectivity index (χ2v) is 7.85. The minimum atomic E-state index is -0.774. The number of carbonyl (C=O) groups is 1. The molecule has 5 nitrogen and oxygen atoms in total. The van der Waals surface area contributed by atoms with Crippen LogP contribution >= 0.6 is 0 Å². The monoisotopic (exact) mass is 376 g/mol. The fourth-order valence-corrected chi connectivity index (χ4v) is 3.42. The van der Waals surface area contributed by atoms with Gasteiger partial charge in [0, 0.05) is 6.42 Å². The maximum absolute atomic E-state index is 11.3. The van der Waals surface area contributed by atoms with Crippen molar-refractivity contribution in [1.82, 2.24) is 0 Å². The quantitative estimate of drug-likeness (QED) is 0.475. The van der Waals surface area contributed by atoms with Gasteiger partial charge in [-0.05, 0) is 70.9 Å². The van der Waals surface area contributed by atoms with Gasteiger partial charge in [-0.3, -0.25) is 4.79 Å². The second-order valence-electron chi connectivity index (χ2n) is 7.85. The molecule has 1 aromatic rings. The van der Waals surface area contributed by atoms with E-state index in [4.69, 9.17) is 9.15 Å². The van der Waals surface area contributed by atoms with Crippen LogP contribution in [0.4, 0.5) is 0 Å². The van der Waals surface area contributed by atoms with Gasteiger partial charge in [-0.1, -0.05) is 23.3 Å². The molecule has 1 saturated heterocycles. The lowest BCUT2D eigenvalue weighted by atomic mass is 9.91. The molecule has 0 bridgehead atoms. The Morgan fingerprint density at radius 3 is 2.74 bits per heavy atom. The Hall–Kier alpha value is -1.85. The third-order valence-corrected chi connectivity index (χ3v) is 5.20. The Morgan fingerprint density at radius 1 is 1.33 bits per heavy atom. The van der Waals surface area contributed by atoms with E-state index in [0.717, 1.165) is 24.0 Å². The summed E-state index contributed by atoms with van der Waals surface area (Å²) in [5, 5.41) is 20.6. The number of aliphatic hydroxyl groups excluding tert-OH is 2. The van der Waals surface area contributed by atoms with E-state index in [9.17, 15) is 15.0 Å². The number of ether oxygens (including phenoxy) is 1. The number of furan rings is 1. The van der Waals surface area contributed by atoms with E-state index in [1.807, 2.05) is 26.0 Å². The zero-order valence-corrected chi connectivity index (χ0v) is 16.6. The Kier molecular flexibility index (Phi) is 7.87. The topological polar surface area (TPSA) is 79.9 Å². The number of aryl methyl sites for hydroxylation is 1. The van der Waals surface area contributed by atoms with Gasteiger partial charge in [0.15, 0.2) is 0 Å². The first-order valence-electron chi connectivity index (χ1n) is 9.70. The molecule has 3 atom stereocenters. The van der Waals surface area contributed by atoms with Crippen molar-refractivity contribution in [3.05, 3.63) is 47.5 Å². The highest BCUT2D eigenvalue weighted by molar-refractivity contribution is 5.72. The molecular formula is C22H32O5. The molecular weight excluding hydrogens is 344 g/mol. The van der Waals surface area contributed by atoms with Crippen LogP contribution in [0.3, 0.4) is 0 Å². The average molecular weight is 376 g/mol. The highest BCUT2D eigenvalue weighted by atomic mass is 16.6. The molecule has 2 N–H and O–H groups in total. The van der Waals surface area contributed by atoms with Crippen LogP contribution in [0.5, 0.6) is 0 Å². The molecule has 0 unspecified atom stereocenters. The van der Waals surface area contributed by atoms with Crippen LogP contribution in [0.1, 0.15) is 64.9 Å². The van der Waals surface area contributed by atoms with Gasteiger partial charge in [-0.25, -0.2) is 0 Å². The molecule has 0 radical (unpaired) electrons.